The van der Waals surface area contributed by atoms with Crippen LogP contribution in [0.4, 0.5) is 0 Å². The zero-order valence-corrected chi connectivity index (χ0v) is 17.0. The number of aliphatic hydroxyl groups excluding tert-OH is 1. The van der Waals surface area contributed by atoms with Crippen molar-refractivity contribution in [3.63, 3.8) is 0 Å². The van der Waals surface area contributed by atoms with Crippen LogP contribution >= 0.6 is 0 Å². The van der Waals surface area contributed by atoms with Gasteiger partial charge in [0.2, 0.25) is 5.91 Å². The van der Waals surface area contributed by atoms with Gasteiger partial charge in [0.15, 0.2) is 6.10 Å². The fourth-order valence-electron chi connectivity index (χ4n) is 3.07. The van der Waals surface area contributed by atoms with Gasteiger partial charge >= 0.3 is 0 Å². The molecule has 0 fully saturated rings. The van der Waals surface area contributed by atoms with Crippen LogP contribution in [0.1, 0.15) is 47.6 Å². The number of nitrogens with two attached hydrogens (primary N) is 1. The van der Waals surface area contributed by atoms with Gasteiger partial charge in [0, 0.05) is 12.0 Å². The van der Waals surface area contributed by atoms with Gasteiger partial charge in [0.1, 0.15) is 6.04 Å². The third kappa shape index (κ3) is 7.24. The van der Waals surface area contributed by atoms with Gasteiger partial charge in [-0.15, -0.1) is 0 Å². The SMILES string of the molecule is N#CCCCC[C@H](NC(=O)[C@H](O)[C@@H](NC(=O)c1ccccc1)c1ccccc1)C(N)=O. The topological polar surface area (TPSA) is 145 Å². The lowest BCUT2D eigenvalue weighted by molar-refractivity contribution is -0.134. The van der Waals surface area contributed by atoms with E-state index in [1.54, 1.807) is 60.7 Å². The van der Waals surface area contributed by atoms with Crippen molar-refractivity contribution < 1.29 is 19.5 Å². The summed E-state index contributed by atoms with van der Waals surface area (Å²) in [6, 6.07) is 17.0. The number of amides is 3. The largest absolute Gasteiger partial charge is 0.381 e. The van der Waals surface area contributed by atoms with E-state index < -0.39 is 35.9 Å². The van der Waals surface area contributed by atoms with Crippen molar-refractivity contribution in [3.05, 3.63) is 71.8 Å². The van der Waals surface area contributed by atoms with E-state index in [4.69, 9.17) is 11.0 Å². The Balaban J connectivity index is 2.14. The molecular formula is C23H26N4O4. The van der Waals surface area contributed by atoms with Crippen LogP contribution in [0.3, 0.4) is 0 Å². The van der Waals surface area contributed by atoms with Crippen LogP contribution in [0.2, 0.25) is 0 Å². The number of carbonyl (C=O) groups excluding carboxylic acids is 3. The summed E-state index contributed by atoms with van der Waals surface area (Å²) < 4.78 is 0. The molecule has 0 unspecified atom stereocenters. The number of primary amides is 1. The molecule has 0 aromatic heterocycles. The fraction of sp³-hybridized carbons (Fsp3) is 0.304. The van der Waals surface area contributed by atoms with E-state index in [1.165, 1.54) is 0 Å². The van der Waals surface area contributed by atoms with Crippen molar-refractivity contribution in [2.75, 3.05) is 0 Å². The molecule has 5 N–H and O–H groups in total. The van der Waals surface area contributed by atoms with Gasteiger partial charge in [-0.3, -0.25) is 14.4 Å². The van der Waals surface area contributed by atoms with Crippen LogP contribution in [-0.4, -0.2) is 35.0 Å². The first-order valence-electron chi connectivity index (χ1n) is 9.99. The average molecular weight is 422 g/mol. The Labute approximate surface area is 181 Å². The second kappa shape index (κ2) is 12.1. The summed E-state index contributed by atoms with van der Waals surface area (Å²) in [4.78, 5) is 37.1. The van der Waals surface area contributed by atoms with Crippen molar-refractivity contribution in [2.45, 2.75) is 43.9 Å². The molecule has 8 nitrogen and oxygen atoms in total. The summed E-state index contributed by atoms with van der Waals surface area (Å²) in [5.74, 6) is -2.02. The third-order valence-corrected chi connectivity index (χ3v) is 4.76. The number of carbonyl (C=O) groups is 3. The zero-order valence-electron chi connectivity index (χ0n) is 17.0. The van der Waals surface area contributed by atoms with E-state index in [0.29, 0.717) is 30.4 Å². The highest BCUT2D eigenvalue weighted by Gasteiger charge is 2.31. The monoisotopic (exact) mass is 422 g/mol. The van der Waals surface area contributed by atoms with Crippen LogP contribution in [0.15, 0.2) is 60.7 Å². The number of rotatable bonds is 11. The molecule has 0 aliphatic heterocycles. The number of nitrogens with zero attached hydrogens (tertiary/aromatic N) is 1. The molecule has 0 spiro atoms. The lowest BCUT2D eigenvalue weighted by Gasteiger charge is -2.25. The molecule has 2 aromatic carbocycles. The molecule has 0 saturated carbocycles. The maximum absolute atomic E-state index is 12.7. The minimum atomic E-state index is -1.66. The summed E-state index contributed by atoms with van der Waals surface area (Å²) in [6.07, 6.45) is 0.0185. The Kier molecular flexibility index (Phi) is 9.20. The van der Waals surface area contributed by atoms with E-state index in [2.05, 4.69) is 10.6 Å². The third-order valence-electron chi connectivity index (χ3n) is 4.76. The zero-order chi connectivity index (χ0) is 22.6. The summed E-state index contributed by atoms with van der Waals surface area (Å²) in [6.45, 7) is 0. The highest BCUT2D eigenvalue weighted by atomic mass is 16.3. The first kappa shape index (κ1) is 23.6. The molecule has 0 radical (unpaired) electrons. The highest BCUT2D eigenvalue weighted by molar-refractivity contribution is 5.95. The quantitative estimate of drug-likeness (QED) is 0.406. The van der Waals surface area contributed by atoms with Crippen molar-refractivity contribution >= 4 is 17.7 Å². The molecule has 2 rings (SSSR count). The Bertz CT molecular complexity index is 912. The molecule has 0 heterocycles. The normalized spacial score (nSPS) is 13.3. The van der Waals surface area contributed by atoms with Crippen LogP contribution in [-0.2, 0) is 9.59 Å². The minimum absolute atomic E-state index is 0.252. The Morgan fingerprint density at radius 1 is 0.968 bits per heavy atom. The van der Waals surface area contributed by atoms with Crippen molar-refractivity contribution in [3.8, 4) is 6.07 Å². The van der Waals surface area contributed by atoms with Crippen LogP contribution < -0.4 is 16.4 Å². The Hall–Kier alpha value is -3.70. The summed E-state index contributed by atoms with van der Waals surface area (Å²) in [5, 5.41) is 24.5. The van der Waals surface area contributed by atoms with Crippen molar-refractivity contribution in [1.29, 1.82) is 5.26 Å². The van der Waals surface area contributed by atoms with Crippen molar-refractivity contribution in [1.82, 2.24) is 10.6 Å². The lowest BCUT2D eigenvalue weighted by atomic mass is 9.99. The van der Waals surface area contributed by atoms with Gasteiger partial charge in [0.05, 0.1) is 12.1 Å². The molecule has 3 atom stereocenters. The second-order valence-corrected chi connectivity index (χ2v) is 7.04. The average Bonchev–Trinajstić information content (AvgIpc) is 2.79. The Morgan fingerprint density at radius 3 is 2.16 bits per heavy atom. The standard InChI is InChI=1S/C23H26N4O4/c24-15-9-3-8-14-18(21(25)29)26-23(31)20(28)19(16-10-4-1-5-11-16)27-22(30)17-12-6-2-7-13-17/h1-2,4-7,10-13,18-20,28H,3,8-9,14H2,(H2,25,29)(H,26,31)(H,27,30)/t18-,19-,20+/m0/s1. The predicted molar refractivity (Wildman–Crippen MR) is 114 cm³/mol. The number of benzene rings is 2. The maximum atomic E-state index is 12.7. The van der Waals surface area contributed by atoms with E-state index in [0.717, 1.165) is 0 Å². The number of hydrogen-bond donors (Lipinski definition) is 4. The van der Waals surface area contributed by atoms with Crippen molar-refractivity contribution in [2.24, 2.45) is 5.73 Å². The number of unbranched alkanes of at least 4 members (excludes halogenated alkanes) is 2. The van der Waals surface area contributed by atoms with Crippen LogP contribution in [0.5, 0.6) is 0 Å². The van der Waals surface area contributed by atoms with Gasteiger partial charge in [-0.25, -0.2) is 0 Å². The molecular weight excluding hydrogens is 396 g/mol. The molecule has 31 heavy (non-hydrogen) atoms. The summed E-state index contributed by atoms with van der Waals surface area (Å²) >= 11 is 0. The predicted octanol–water partition coefficient (Wildman–Crippen LogP) is 1.57. The number of nitriles is 1. The van der Waals surface area contributed by atoms with E-state index in [9.17, 15) is 19.5 Å². The minimum Gasteiger partial charge on any atom is -0.381 e. The Morgan fingerprint density at radius 2 is 1.58 bits per heavy atom. The van der Waals surface area contributed by atoms with E-state index in [-0.39, 0.29) is 6.42 Å². The van der Waals surface area contributed by atoms with E-state index >= 15 is 0 Å². The molecule has 0 bridgehead atoms. The van der Waals surface area contributed by atoms with Crippen LogP contribution in [0.25, 0.3) is 0 Å². The smallest absolute Gasteiger partial charge is 0.252 e. The van der Waals surface area contributed by atoms with Gasteiger partial charge in [-0.2, -0.15) is 5.26 Å². The highest BCUT2D eigenvalue weighted by Crippen LogP contribution is 2.19. The summed E-state index contributed by atoms with van der Waals surface area (Å²) in [7, 11) is 0. The van der Waals surface area contributed by atoms with Gasteiger partial charge in [-0.1, -0.05) is 48.5 Å². The molecule has 0 aliphatic carbocycles. The maximum Gasteiger partial charge on any atom is 0.252 e. The summed E-state index contributed by atoms with van der Waals surface area (Å²) in [5.41, 5.74) is 6.28. The number of aliphatic hydroxyl groups is 1. The second-order valence-electron chi connectivity index (χ2n) is 7.04. The first-order valence-corrected chi connectivity index (χ1v) is 9.99. The molecule has 3 amide bonds. The number of hydrogen-bond acceptors (Lipinski definition) is 5. The molecule has 2 aromatic rings. The lowest BCUT2D eigenvalue weighted by Crippen LogP contribution is -2.51. The van der Waals surface area contributed by atoms with Gasteiger partial charge in [-0.05, 0) is 37.0 Å². The number of nitrogens with one attached hydrogen (secondary N) is 2. The fourth-order valence-corrected chi connectivity index (χ4v) is 3.07. The van der Waals surface area contributed by atoms with Gasteiger partial charge in [0.25, 0.3) is 11.8 Å². The first-order chi connectivity index (χ1) is 14.9. The molecule has 0 aliphatic rings. The molecule has 162 valence electrons. The molecule has 0 saturated heterocycles. The van der Waals surface area contributed by atoms with Gasteiger partial charge < -0.3 is 21.5 Å². The van der Waals surface area contributed by atoms with Crippen LogP contribution in [0, 0.1) is 11.3 Å². The van der Waals surface area contributed by atoms with E-state index in [1.807, 2.05) is 6.07 Å². The molecule has 8 heteroatoms.